The Balaban J connectivity index is 1.51. The summed E-state index contributed by atoms with van der Waals surface area (Å²) in [7, 11) is 0. The summed E-state index contributed by atoms with van der Waals surface area (Å²) in [5.74, 6) is -0.597. The molecule has 2 aromatic heterocycles. The van der Waals surface area contributed by atoms with E-state index < -0.39 is 11.9 Å². The predicted octanol–water partition coefficient (Wildman–Crippen LogP) is 6.06. The number of fused-ring (bicyclic) bond motifs is 1. The van der Waals surface area contributed by atoms with E-state index in [0.717, 1.165) is 16.3 Å². The van der Waals surface area contributed by atoms with Gasteiger partial charge in [0, 0.05) is 23.2 Å². The summed E-state index contributed by atoms with van der Waals surface area (Å²) in [6.45, 7) is 5.52. The Morgan fingerprint density at radius 1 is 0.821 bits per heavy atom. The molecule has 8 heteroatoms. The molecule has 0 bridgehead atoms. The van der Waals surface area contributed by atoms with Crippen molar-refractivity contribution in [3.63, 3.8) is 0 Å². The standard InChI is InChI=1S/C31H28FN5O2/c1-18(2)35-31(39)28-24(9-6-10-25(28)30(38)36-19(3)20-11-13-23(32)14-12-20)27-17-34-29(37-27)26-15-21-7-4-5-8-22(21)16-33-26/h4-19H,1-3H3,(H,34,37)(H,35,39)(H,36,38)/t19-/m1/s1. The number of rotatable bonds is 7. The molecular weight excluding hydrogens is 493 g/mol. The van der Waals surface area contributed by atoms with Gasteiger partial charge in [0.15, 0.2) is 5.82 Å². The number of nitrogens with one attached hydrogen (secondary N) is 3. The summed E-state index contributed by atoms with van der Waals surface area (Å²) in [5, 5.41) is 7.89. The van der Waals surface area contributed by atoms with Crippen LogP contribution in [0.25, 0.3) is 33.5 Å². The molecule has 7 nitrogen and oxygen atoms in total. The number of halogens is 1. The Labute approximate surface area is 225 Å². The van der Waals surface area contributed by atoms with Crippen molar-refractivity contribution in [1.82, 2.24) is 25.6 Å². The number of nitrogens with zero attached hydrogens (tertiary/aromatic N) is 2. The quantitative estimate of drug-likeness (QED) is 0.242. The summed E-state index contributed by atoms with van der Waals surface area (Å²) in [5.41, 5.74) is 2.98. The second-order valence-corrected chi connectivity index (χ2v) is 9.67. The smallest absolute Gasteiger partial charge is 0.252 e. The first-order chi connectivity index (χ1) is 18.8. The zero-order valence-corrected chi connectivity index (χ0v) is 21.8. The van der Waals surface area contributed by atoms with Gasteiger partial charge in [-0.25, -0.2) is 9.37 Å². The second-order valence-electron chi connectivity index (χ2n) is 9.67. The van der Waals surface area contributed by atoms with Crippen LogP contribution in [0.2, 0.25) is 0 Å². The number of aromatic nitrogens is 3. The summed E-state index contributed by atoms with van der Waals surface area (Å²) in [6, 6.07) is 20.4. The van der Waals surface area contributed by atoms with Crippen molar-refractivity contribution in [1.29, 1.82) is 0 Å². The number of aromatic amines is 1. The highest BCUT2D eigenvalue weighted by atomic mass is 19.1. The Morgan fingerprint density at radius 2 is 1.56 bits per heavy atom. The third kappa shape index (κ3) is 5.55. The lowest BCUT2D eigenvalue weighted by atomic mass is 9.96. The van der Waals surface area contributed by atoms with Gasteiger partial charge in [0.25, 0.3) is 11.8 Å². The lowest BCUT2D eigenvalue weighted by Crippen LogP contribution is -2.34. The highest BCUT2D eigenvalue weighted by Gasteiger charge is 2.24. The van der Waals surface area contributed by atoms with Crippen LogP contribution in [-0.2, 0) is 0 Å². The van der Waals surface area contributed by atoms with Crippen molar-refractivity contribution in [2.24, 2.45) is 0 Å². The van der Waals surface area contributed by atoms with Crippen LogP contribution >= 0.6 is 0 Å². The molecule has 5 aromatic rings. The van der Waals surface area contributed by atoms with Gasteiger partial charge in [-0.15, -0.1) is 0 Å². The highest BCUT2D eigenvalue weighted by molar-refractivity contribution is 6.11. The van der Waals surface area contributed by atoms with Gasteiger partial charge < -0.3 is 15.6 Å². The van der Waals surface area contributed by atoms with Crippen LogP contribution in [0, 0.1) is 5.82 Å². The minimum atomic E-state index is -0.418. The zero-order valence-electron chi connectivity index (χ0n) is 21.8. The van der Waals surface area contributed by atoms with Crippen LogP contribution in [-0.4, -0.2) is 32.8 Å². The minimum Gasteiger partial charge on any atom is -0.350 e. The van der Waals surface area contributed by atoms with Gasteiger partial charge in [-0.1, -0.05) is 48.5 Å². The Bertz CT molecular complexity index is 1660. The van der Waals surface area contributed by atoms with E-state index in [1.54, 1.807) is 49.6 Å². The molecule has 3 aromatic carbocycles. The lowest BCUT2D eigenvalue weighted by Gasteiger charge is -2.18. The van der Waals surface area contributed by atoms with E-state index in [-0.39, 0.29) is 28.9 Å². The highest BCUT2D eigenvalue weighted by Crippen LogP contribution is 2.29. The maximum absolute atomic E-state index is 13.4. The van der Waals surface area contributed by atoms with Gasteiger partial charge >= 0.3 is 0 Å². The Hall–Kier alpha value is -4.85. The van der Waals surface area contributed by atoms with Gasteiger partial charge in [0.2, 0.25) is 0 Å². The summed E-state index contributed by atoms with van der Waals surface area (Å²) in [4.78, 5) is 39.2. The molecule has 3 N–H and O–H groups in total. The first kappa shape index (κ1) is 25.8. The van der Waals surface area contributed by atoms with E-state index in [0.29, 0.717) is 22.8 Å². The number of carbonyl (C=O) groups excluding carboxylic acids is 2. The first-order valence-corrected chi connectivity index (χ1v) is 12.7. The normalized spacial score (nSPS) is 11.9. The molecule has 2 amide bonds. The second kappa shape index (κ2) is 10.9. The van der Waals surface area contributed by atoms with Crippen molar-refractivity contribution in [2.45, 2.75) is 32.9 Å². The zero-order chi connectivity index (χ0) is 27.5. The van der Waals surface area contributed by atoms with Gasteiger partial charge in [-0.2, -0.15) is 0 Å². The van der Waals surface area contributed by atoms with Gasteiger partial charge in [0.05, 0.1) is 29.1 Å². The fourth-order valence-electron chi connectivity index (χ4n) is 4.46. The molecule has 196 valence electrons. The Morgan fingerprint density at radius 3 is 2.31 bits per heavy atom. The topological polar surface area (TPSA) is 99.8 Å². The maximum Gasteiger partial charge on any atom is 0.252 e. The third-order valence-corrected chi connectivity index (χ3v) is 6.41. The maximum atomic E-state index is 13.4. The molecule has 5 rings (SSSR count). The van der Waals surface area contributed by atoms with Crippen LogP contribution in [0.3, 0.4) is 0 Å². The van der Waals surface area contributed by atoms with Crippen molar-refractivity contribution in [3.8, 4) is 22.8 Å². The van der Waals surface area contributed by atoms with Gasteiger partial charge in [-0.05, 0) is 56.0 Å². The fourth-order valence-corrected chi connectivity index (χ4v) is 4.46. The molecule has 0 aliphatic carbocycles. The van der Waals surface area contributed by atoms with Crippen LogP contribution in [0.1, 0.15) is 53.1 Å². The molecule has 0 unspecified atom stereocenters. The number of carbonyl (C=O) groups is 2. The molecule has 1 atom stereocenters. The van der Waals surface area contributed by atoms with Crippen LogP contribution in [0.15, 0.2) is 85.2 Å². The number of imidazole rings is 1. The van der Waals surface area contributed by atoms with Crippen molar-refractivity contribution in [2.75, 3.05) is 0 Å². The molecule has 39 heavy (non-hydrogen) atoms. The van der Waals surface area contributed by atoms with E-state index in [2.05, 4.69) is 25.6 Å². The molecule has 0 saturated heterocycles. The van der Waals surface area contributed by atoms with Gasteiger partial charge in [0.1, 0.15) is 11.5 Å². The van der Waals surface area contributed by atoms with Crippen molar-refractivity contribution >= 4 is 22.6 Å². The lowest BCUT2D eigenvalue weighted by molar-refractivity contribution is 0.0907. The molecule has 0 aliphatic heterocycles. The monoisotopic (exact) mass is 521 g/mol. The van der Waals surface area contributed by atoms with Crippen LogP contribution in [0.5, 0.6) is 0 Å². The molecular formula is C31H28FN5O2. The van der Waals surface area contributed by atoms with E-state index in [1.807, 2.05) is 44.2 Å². The van der Waals surface area contributed by atoms with Crippen molar-refractivity contribution < 1.29 is 14.0 Å². The first-order valence-electron chi connectivity index (χ1n) is 12.7. The fraction of sp³-hybridized carbons (Fsp3) is 0.161. The SMILES string of the molecule is CC(C)NC(=O)c1c(C(=O)N[C@H](C)c2ccc(F)cc2)cccc1-c1cnc(-c2cc3ccccc3cn2)[nH]1. The number of H-pyrrole nitrogens is 1. The summed E-state index contributed by atoms with van der Waals surface area (Å²) < 4.78 is 13.4. The largest absolute Gasteiger partial charge is 0.350 e. The number of pyridine rings is 1. The average Bonchev–Trinajstić information content (AvgIpc) is 3.42. The molecule has 2 heterocycles. The Kier molecular flexibility index (Phi) is 7.19. The number of hydrogen-bond donors (Lipinski definition) is 3. The van der Waals surface area contributed by atoms with Crippen molar-refractivity contribution in [3.05, 3.63) is 108 Å². The predicted molar refractivity (Wildman–Crippen MR) is 150 cm³/mol. The molecule has 0 fully saturated rings. The van der Waals surface area contributed by atoms with E-state index in [9.17, 15) is 14.0 Å². The number of hydrogen-bond acceptors (Lipinski definition) is 4. The summed E-state index contributed by atoms with van der Waals surface area (Å²) >= 11 is 0. The number of amides is 2. The van der Waals surface area contributed by atoms with Gasteiger partial charge in [-0.3, -0.25) is 14.6 Å². The average molecular weight is 522 g/mol. The molecule has 0 saturated carbocycles. The van der Waals surface area contributed by atoms with E-state index in [4.69, 9.17) is 0 Å². The molecule has 0 aliphatic rings. The minimum absolute atomic E-state index is 0.140. The van der Waals surface area contributed by atoms with E-state index >= 15 is 0 Å². The summed E-state index contributed by atoms with van der Waals surface area (Å²) in [6.07, 6.45) is 3.43. The molecule has 0 spiro atoms. The van der Waals surface area contributed by atoms with E-state index in [1.165, 1.54) is 12.1 Å². The van der Waals surface area contributed by atoms with Crippen LogP contribution in [0.4, 0.5) is 4.39 Å². The van der Waals surface area contributed by atoms with Crippen LogP contribution < -0.4 is 10.6 Å². The molecule has 0 radical (unpaired) electrons. The third-order valence-electron chi connectivity index (χ3n) is 6.41. The number of benzene rings is 3.